The second kappa shape index (κ2) is 8.67. The maximum atomic E-state index is 13.4. The zero-order chi connectivity index (χ0) is 22.3. The van der Waals surface area contributed by atoms with Gasteiger partial charge in [-0.1, -0.05) is 55.4 Å². The molecule has 0 aliphatic carbocycles. The second-order valence-electron chi connectivity index (χ2n) is 8.52. The van der Waals surface area contributed by atoms with Crippen LogP contribution in [-0.2, 0) is 17.8 Å². The quantitative estimate of drug-likeness (QED) is 0.393. The molecule has 3 aromatic rings. The number of carbonyl (C=O) groups excluding carboxylic acids is 1. The van der Waals surface area contributed by atoms with Gasteiger partial charge in [0.1, 0.15) is 0 Å². The molecule has 31 heavy (non-hydrogen) atoms. The molecule has 1 aromatic heterocycles. The molecule has 2 atom stereocenters. The number of carbonyl (C=O) groups is 1. The molecule has 0 spiro atoms. The normalized spacial score (nSPS) is 16.7. The third kappa shape index (κ3) is 4.23. The second-order valence-corrected chi connectivity index (χ2v) is 10.3. The lowest BCUT2D eigenvalue weighted by molar-refractivity contribution is -0.118. The maximum absolute atomic E-state index is 13.4. The van der Waals surface area contributed by atoms with Gasteiger partial charge in [-0.15, -0.1) is 0 Å². The van der Waals surface area contributed by atoms with E-state index in [9.17, 15) is 9.59 Å². The minimum Gasteiger partial charge on any atom is -0.308 e. The van der Waals surface area contributed by atoms with Gasteiger partial charge < -0.3 is 4.90 Å². The van der Waals surface area contributed by atoms with Gasteiger partial charge in [0.15, 0.2) is 5.16 Å². The fourth-order valence-electron chi connectivity index (χ4n) is 4.09. The molecule has 162 valence electrons. The summed E-state index contributed by atoms with van der Waals surface area (Å²) in [5, 5.41) is 1.19. The number of thioether (sulfide) groups is 1. The number of para-hydroxylation sites is 1. The van der Waals surface area contributed by atoms with Gasteiger partial charge in [-0.3, -0.25) is 14.2 Å². The third-order valence-corrected chi connectivity index (χ3v) is 6.82. The fraction of sp³-hybridized carbons (Fsp3) is 0.375. The highest BCUT2D eigenvalue weighted by Crippen LogP contribution is 2.34. The first-order valence-electron chi connectivity index (χ1n) is 10.5. The van der Waals surface area contributed by atoms with E-state index in [1.54, 1.807) is 22.8 Å². The van der Waals surface area contributed by atoms with Crippen LogP contribution in [0.1, 0.15) is 33.3 Å². The number of hydrogen-bond donors (Lipinski definition) is 0. The Morgan fingerprint density at radius 1 is 1.23 bits per heavy atom. The average molecular weight is 456 g/mol. The van der Waals surface area contributed by atoms with Crippen molar-refractivity contribution in [1.82, 2.24) is 9.55 Å². The van der Waals surface area contributed by atoms with Crippen molar-refractivity contribution in [3.63, 3.8) is 0 Å². The standard InChI is InChI=1S/C24H26ClN3O2S/c1-14(2)13-27-23(30)19-12-18(25)9-10-20(19)26-24(27)31-16(4)22(29)28-15(3)11-17-7-5-6-8-21(17)28/h5-10,12,14-16H,11,13H2,1-4H3/t15-,16-/m1/s1. The van der Waals surface area contributed by atoms with Crippen molar-refractivity contribution in [3.05, 3.63) is 63.4 Å². The molecule has 1 aliphatic heterocycles. The van der Waals surface area contributed by atoms with Gasteiger partial charge in [0.05, 0.1) is 16.2 Å². The maximum Gasteiger partial charge on any atom is 0.262 e. The Morgan fingerprint density at radius 3 is 2.71 bits per heavy atom. The van der Waals surface area contributed by atoms with Crippen LogP contribution < -0.4 is 10.5 Å². The number of anilines is 1. The number of benzene rings is 2. The largest absolute Gasteiger partial charge is 0.308 e. The van der Waals surface area contributed by atoms with E-state index in [1.807, 2.05) is 30.0 Å². The topological polar surface area (TPSA) is 55.2 Å². The number of amides is 1. The van der Waals surface area contributed by atoms with Crippen LogP contribution in [0.3, 0.4) is 0 Å². The zero-order valence-corrected chi connectivity index (χ0v) is 19.7. The van der Waals surface area contributed by atoms with Crippen LogP contribution >= 0.6 is 23.4 Å². The van der Waals surface area contributed by atoms with Gasteiger partial charge in [-0.05, 0) is 56.0 Å². The summed E-state index contributed by atoms with van der Waals surface area (Å²) in [6, 6.07) is 13.3. The average Bonchev–Trinajstić information content (AvgIpc) is 3.06. The summed E-state index contributed by atoms with van der Waals surface area (Å²) in [6.07, 6.45) is 0.854. The monoisotopic (exact) mass is 455 g/mol. The van der Waals surface area contributed by atoms with E-state index in [1.165, 1.54) is 17.3 Å². The summed E-state index contributed by atoms with van der Waals surface area (Å²) in [5.74, 6) is 0.288. The van der Waals surface area contributed by atoms with Crippen molar-refractivity contribution < 1.29 is 4.79 Å². The molecule has 1 aliphatic rings. The highest BCUT2D eigenvalue weighted by molar-refractivity contribution is 8.00. The van der Waals surface area contributed by atoms with E-state index in [0.717, 1.165) is 12.1 Å². The Hall–Kier alpha value is -2.31. The molecule has 0 saturated carbocycles. The Labute approximate surface area is 191 Å². The van der Waals surface area contributed by atoms with Crippen molar-refractivity contribution >= 4 is 45.9 Å². The van der Waals surface area contributed by atoms with Gasteiger partial charge in [-0.2, -0.15) is 0 Å². The predicted molar refractivity (Wildman–Crippen MR) is 128 cm³/mol. The smallest absolute Gasteiger partial charge is 0.262 e. The Balaban J connectivity index is 1.70. The Bertz CT molecular complexity index is 1210. The highest BCUT2D eigenvalue weighted by atomic mass is 35.5. The molecular formula is C24H26ClN3O2S. The van der Waals surface area contributed by atoms with Crippen LogP contribution in [0.4, 0.5) is 5.69 Å². The van der Waals surface area contributed by atoms with E-state index in [2.05, 4.69) is 26.8 Å². The molecule has 2 aromatic carbocycles. The summed E-state index contributed by atoms with van der Waals surface area (Å²) in [7, 11) is 0. The number of rotatable bonds is 5. The van der Waals surface area contributed by atoms with Crippen LogP contribution in [-0.4, -0.2) is 26.8 Å². The van der Waals surface area contributed by atoms with Crippen LogP contribution in [0.15, 0.2) is 52.4 Å². The molecule has 0 bridgehead atoms. The Kier molecular flexibility index (Phi) is 6.13. The summed E-state index contributed by atoms with van der Waals surface area (Å²) < 4.78 is 1.68. The first-order chi connectivity index (χ1) is 14.8. The molecule has 7 heteroatoms. The minimum absolute atomic E-state index is 0.0315. The Morgan fingerprint density at radius 2 is 1.97 bits per heavy atom. The first kappa shape index (κ1) is 21.9. The van der Waals surface area contributed by atoms with Crippen LogP contribution in [0.25, 0.3) is 10.9 Å². The summed E-state index contributed by atoms with van der Waals surface area (Å²) in [4.78, 5) is 33.3. The minimum atomic E-state index is -0.385. The molecule has 0 saturated heterocycles. The molecule has 2 heterocycles. The number of hydrogen-bond acceptors (Lipinski definition) is 4. The number of halogens is 1. The van der Waals surface area contributed by atoms with E-state index < -0.39 is 0 Å². The molecule has 0 radical (unpaired) electrons. The van der Waals surface area contributed by atoms with Crippen LogP contribution in [0.2, 0.25) is 5.02 Å². The van der Waals surface area contributed by atoms with E-state index in [-0.39, 0.29) is 28.7 Å². The zero-order valence-electron chi connectivity index (χ0n) is 18.1. The molecule has 0 fully saturated rings. The molecule has 1 amide bonds. The van der Waals surface area contributed by atoms with Crippen LogP contribution in [0.5, 0.6) is 0 Å². The lowest BCUT2D eigenvalue weighted by Gasteiger charge is -2.26. The van der Waals surface area contributed by atoms with E-state index in [4.69, 9.17) is 16.6 Å². The van der Waals surface area contributed by atoms with Crippen molar-refractivity contribution in [2.24, 2.45) is 5.92 Å². The summed E-state index contributed by atoms with van der Waals surface area (Å²) >= 11 is 7.46. The third-order valence-electron chi connectivity index (χ3n) is 5.50. The number of aromatic nitrogens is 2. The molecule has 0 unspecified atom stereocenters. The van der Waals surface area contributed by atoms with Gasteiger partial charge in [0.25, 0.3) is 5.56 Å². The number of fused-ring (bicyclic) bond motifs is 2. The lowest BCUT2D eigenvalue weighted by atomic mass is 10.1. The molecule has 4 rings (SSSR count). The number of nitrogens with zero attached hydrogens (tertiary/aromatic N) is 3. The van der Waals surface area contributed by atoms with E-state index in [0.29, 0.717) is 27.6 Å². The molecule has 5 nitrogen and oxygen atoms in total. The van der Waals surface area contributed by atoms with Gasteiger partial charge >= 0.3 is 0 Å². The summed E-state index contributed by atoms with van der Waals surface area (Å²) in [6.45, 7) is 8.60. The van der Waals surface area contributed by atoms with Crippen LogP contribution in [0, 0.1) is 5.92 Å². The summed E-state index contributed by atoms with van der Waals surface area (Å²) in [5.41, 5.74) is 2.64. The SMILES string of the molecule is CC(C)Cn1c(S[C@H](C)C(=O)N2c3ccccc3C[C@H]2C)nc2ccc(Cl)cc2c1=O. The highest BCUT2D eigenvalue weighted by Gasteiger charge is 2.34. The van der Waals surface area contributed by atoms with Gasteiger partial charge in [0, 0.05) is 23.3 Å². The molecule has 0 N–H and O–H groups in total. The van der Waals surface area contributed by atoms with Crippen molar-refractivity contribution in [2.75, 3.05) is 4.90 Å². The van der Waals surface area contributed by atoms with E-state index >= 15 is 0 Å². The van der Waals surface area contributed by atoms with Gasteiger partial charge in [0.2, 0.25) is 5.91 Å². The van der Waals surface area contributed by atoms with Crippen molar-refractivity contribution in [2.45, 2.75) is 57.1 Å². The first-order valence-corrected chi connectivity index (χ1v) is 11.8. The van der Waals surface area contributed by atoms with Crippen molar-refractivity contribution in [3.8, 4) is 0 Å². The van der Waals surface area contributed by atoms with Gasteiger partial charge in [-0.25, -0.2) is 4.98 Å². The van der Waals surface area contributed by atoms with Crippen molar-refractivity contribution in [1.29, 1.82) is 0 Å². The molecular weight excluding hydrogens is 430 g/mol. The predicted octanol–water partition coefficient (Wildman–Crippen LogP) is 5.16. The fourth-order valence-corrected chi connectivity index (χ4v) is 5.23. The lowest BCUT2D eigenvalue weighted by Crippen LogP contribution is -2.40.